The van der Waals surface area contributed by atoms with E-state index in [1.54, 1.807) is 30.3 Å². The van der Waals surface area contributed by atoms with Gasteiger partial charge in [-0.25, -0.2) is 4.79 Å². The molecule has 214 valence electrons. The minimum atomic E-state index is -0.747. The zero-order valence-electron chi connectivity index (χ0n) is 23.3. The molecule has 10 nitrogen and oxygen atoms in total. The van der Waals surface area contributed by atoms with Crippen molar-refractivity contribution in [3.05, 3.63) is 95.4 Å². The summed E-state index contributed by atoms with van der Waals surface area (Å²) in [5.41, 5.74) is 4.25. The lowest BCUT2D eigenvalue weighted by Crippen LogP contribution is -2.47. The van der Waals surface area contributed by atoms with Gasteiger partial charge in [0.25, 0.3) is 0 Å². The number of carbonyl (C=O) groups is 3. The summed E-state index contributed by atoms with van der Waals surface area (Å²) in [6, 6.07) is 17.9. The van der Waals surface area contributed by atoms with Crippen LogP contribution in [0.5, 0.6) is 11.5 Å². The number of likely N-dealkylation sites (N-methyl/N-ethyl adjacent to an activating group) is 1. The van der Waals surface area contributed by atoms with Gasteiger partial charge in [-0.05, 0) is 60.6 Å². The van der Waals surface area contributed by atoms with E-state index < -0.39 is 11.9 Å². The maximum atomic E-state index is 13.4. The summed E-state index contributed by atoms with van der Waals surface area (Å²) in [6.07, 6.45) is 3.21. The molecule has 3 aliphatic heterocycles. The molecule has 0 bridgehead atoms. The fourth-order valence-corrected chi connectivity index (χ4v) is 5.30. The number of fused-ring (bicyclic) bond motifs is 2. The van der Waals surface area contributed by atoms with E-state index in [0.717, 1.165) is 31.7 Å². The number of hydrogen-bond donors (Lipinski definition) is 1. The first kappa shape index (κ1) is 27.2. The Balaban J connectivity index is 1.33. The molecule has 42 heavy (non-hydrogen) atoms. The van der Waals surface area contributed by atoms with Crippen molar-refractivity contribution >= 4 is 34.9 Å². The molecule has 3 aromatic rings. The van der Waals surface area contributed by atoms with Crippen LogP contribution in [0.15, 0.2) is 78.2 Å². The lowest BCUT2D eigenvalue weighted by Gasteiger charge is -2.32. The molecule has 1 N–H and O–H groups in total. The molecule has 10 heteroatoms. The highest BCUT2D eigenvalue weighted by molar-refractivity contribution is 6.24. The first-order valence-corrected chi connectivity index (χ1v) is 13.7. The summed E-state index contributed by atoms with van der Waals surface area (Å²) < 4.78 is 16.0. The van der Waals surface area contributed by atoms with Gasteiger partial charge in [-0.1, -0.05) is 18.2 Å². The SMILES string of the molecule is COC(=O)c1ccc2c(c1)NC(=O)C2C(=Nc1ccc(CC(=O)N2CCN(C)CC2)cc1)c1ccc2c(c1)OC=CO2. The predicted octanol–water partition coefficient (Wildman–Crippen LogP) is 3.89. The van der Waals surface area contributed by atoms with Crippen molar-refractivity contribution in [2.75, 3.05) is 45.7 Å². The first-order chi connectivity index (χ1) is 20.4. The van der Waals surface area contributed by atoms with Crippen molar-refractivity contribution in [2.45, 2.75) is 12.3 Å². The summed E-state index contributed by atoms with van der Waals surface area (Å²) in [5.74, 6) is -0.348. The Kier molecular flexibility index (Phi) is 7.45. The molecule has 1 fully saturated rings. The van der Waals surface area contributed by atoms with Crippen molar-refractivity contribution in [1.82, 2.24) is 9.80 Å². The molecule has 1 saturated heterocycles. The Morgan fingerprint density at radius 2 is 1.64 bits per heavy atom. The van der Waals surface area contributed by atoms with Crippen LogP contribution in [0.3, 0.4) is 0 Å². The van der Waals surface area contributed by atoms with E-state index in [9.17, 15) is 14.4 Å². The second-order valence-electron chi connectivity index (χ2n) is 10.4. The minimum absolute atomic E-state index is 0.107. The summed E-state index contributed by atoms with van der Waals surface area (Å²) >= 11 is 0. The maximum Gasteiger partial charge on any atom is 0.337 e. The Labute approximate surface area is 243 Å². The monoisotopic (exact) mass is 566 g/mol. The van der Waals surface area contributed by atoms with Crippen molar-refractivity contribution < 1.29 is 28.6 Å². The summed E-state index contributed by atoms with van der Waals surface area (Å²) in [6.45, 7) is 3.22. The van der Waals surface area contributed by atoms with Gasteiger partial charge in [-0.3, -0.25) is 14.6 Å². The van der Waals surface area contributed by atoms with Gasteiger partial charge < -0.3 is 29.3 Å². The van der Waals surface area contributed by atoms with Crippen LogP contribution in [0, 0.1) is 0 Å². The van der Waals surface area contributed by atoms with Crippen molar-refractivity contribution in [3.8, 4) is 11.5 Å². The lowest BCUT2D eigenvalue weighted by atomic mass is 9.90. The molecule has 3 heterocycles. The fraction of sp³-hybridized carbons (Fsp3) is 0.250. The zero-order valence-corrected chi connectivity index (χ0v) is 23.3. The number of nitrogens with one attached hydrogen (secondary N) is 1. The third kappa shape index (κ3) is 5.48. The van der Waals surface area contributed by atoms with Gasteiger partial charge >= 0.3 is 5.97 Å². The molecule has 1 unspecified atom stereocenters. The Hall–Kier alpha value is -4.96. The number of anilines is 1. The highest BCUT2D eigenvalue weighted by Gasteiger charge is 2.36. The number of benzene rings is 3. The number of methoxy groups -OCH3 is 1. The number of aliphatic imine (C=N–C) groups is 1. The van der Waals surface area contributed by atoms with Crippen LogP contribution in [-0.2, 0) is 20.7 Å². The smallest absolute Gasteiger partial charge is 0.337 e. The summed E-state index contributed by atoms with van der Waals surface area (Å²) in [7, 11) is 3.37. The Morgan fingerprint density at radius 3 is 2.38 bits per heavy atom. The van der Waals surface area contributed by atoms with Gasteiger partial charge in [0.2, 0.25) is 11.8 Å². The van der Waals surface area contributed by atoms with E-state index in [0.29, 0.717) is 51.7 Å². The summed E-state index contributed by atoms with van der Waals surface area (Å²) in [4.78, 5) is 47.4. The predicted molar refractivity (Wildman–Crippen MR) is 156 cm³/mol. The quantitative estimate of drug-likeness (QED) is 0.356. The fourth-order valence-electron chi connectivity index (χ4n) is 5.30. The number of rotatable bonds is 6. The minimum Gasteiger partial charge on any atom is -0.465 e. The molecule has 0 spiro atoms. The van der Waals surface area contributed by atoms with Crippen LogP contribution in [0.4, 0.5) is 11.4 Å². The lowest BCUT2D eigenvalue weighted by molar-refractivity contribution is -0.132. The Bertz CT molecular complexity index is 1610. The first-order valence-electron chi connectivity index (χ1n) is 13.7. The van der Waals surface area contributed by atoms with E-state index in [-0.39, 0.29) is 11.8 Å². The van der Waals surface area contributed by atoms with Gasteiger partial charge in [0.05, 0.1) is 30.5 Å². The highest BCUT2D eigenvalue weighted by Crippen LogP contribution is 2.39. The van der Waals surface area contributed by atoms with Crippen LogP contribution < -0.4 is 14.8 Å². The third-order valence-electron chi connectivity index (χ3n) is 7.66. The average molecular weight is 567 g/mol. The molecule has 0 aromatic heterocycles. The number of esters is 1. The molecule has 6 rings (SSSR count). The number of ether oxygens (including phenoxy) is 3. The van der Waals surface area contributed by atoms with Crippen molar-refractivity contribution in [2.24, 2.45) is 4.99 Å². The van der Waals surface area contributed by atoms with Crippen LogP contribution in [-0.4, -0.2) is 73.6 Å². The highest BCUT2D eigenvalue weighted by atomic mass is 16.5. The second-order valence-corrected chi connectivity index (χ2v) is 10.4. The van der Waals surface area contributed by atoms with Crippen LogP contribution in [0.1, 0.15) is 33.0 Å². The van der Waals surface area contributed by atoms with E-state index in [1.807, 2.05) is 35.2 Å². The standard InChI is InChI=1S/C32H30N4O6/c1-35-11-13-36(14-12-35)28(37)17-20-3-7-23(8-4-20)33-30(21-6-10-26-27(19-21)42-16-15-41-26)29-24-9-5-22(32(39)40-2)18-25(24)34-31(29)38/h3-10,15-16,18-19,29H,11-14,17H2,1-2H3,(H,34,38). The van der Waals surface area contributed by atoms with E-state index in [2.05, 4.69) is 17.3 Å². The van der Waals surface area contributed by atoms with Crippen molar-refractivity contribution in [3.63, 3.8) is 0 Å². The molecule has 0 aliphatic carbocycles. The molecule has 1 atom stereocenters. The van der Waals surface area contributed by atoms with E-state index in [4.69, 9.17) is 19.2 Å². The van der Waals surface area contributed by atoms with E-state index >= 15 is 0 Å². The zero-order chi connectivity index (χ0) is 29.2. The summed E-state index contributed by atoms with van der Waals surface area (Å²) in [5, 5.41) is 2.89. The largest absolute Gasteiger partial charge is 0.465 e. The number of piperazine rings is 1. The van der Waals surface area contributed by atoms with Crippen LogP contribution in [0.2, 0.25) is 0 Å². The van der Waals surface area contributed by atoms with Gasteiger partial charge in [-0.15, -0.1) is 0 Å². The molecule has 2 amide bonds. The average Bonchev–Trinajstić information content (AvgIpc) is 3.34. The molecule has 0 radical (unpaired) electrons. The van der Waals surface area contributed by atoms with Gasteiger partial charge in [-0.2, -0.15) is 0 Å². The second kappa shape index (κ2) is 11.5. The van der Waals surface area contributed by atoms with Gasteiger partial charge in [0.1, 0.15) is 18.4 Å². The number of nitrogens with zero attached hydrogens (tertiary/aromatic N) is 3. The number of amides is 2. The molecule has 3 aliphatic rings. The topological polar surface area (TPSA) is 110 Å². The molecular weight excluding hydrogens is 536 g/mol. The van der Waals surface area contributed by atoms with Crippen molar-refractivity contribution in [1.29, 1.82) is 0 Å². The van der Waals surface area contributed by atoms with Crippen LogP contribution in [0.25, 0.3) is 0 Å². The maximum absolute atomic E-state index is 13.4. The Morgan fingerprint density at radius 1 is 0.929 bits per heavy atom. The normalized spacial score (nSPS) is 18.0. The van der Waals surface area contributed by atoms with E-state index in [1.165, 1.54) is 19.6 Å². The third-order valence-corrected chi connectivity index (χ3v) is 7.66. The molecule has 0 saturated carbocycles. The van der Waals surface area contributed by atoms with Crippen LogP contribution >= 0.6 is 0 Å². The molecule has 3 aromatic carbocycles. The number of hydrogen-bond acceptors (Lipinski definition) is 8. The number of carbonyl (C=O) groups excluding carboxylic acids is 3. The van der Waals surface area contributed by atoms with Gasteiger partial charge in [0.15, 0.2) is 11.5 Å². The van der Waals surface area contributed by atoms with Gasteiger partial charge in [0, 0.05) is 37.4 Å². The molecular formula is C32H30N4O6.